The Morgan fingerprint density at radius 2 is 1.95 bits per heavy atom. The first-order chi connectivity index (χ1) is 9.29. The van der Waals surface area contributed by atoms with Gasteiger partial charge in [0, 0.05) is 18.0 Å². The fourth-order valence-electron chi connectivity index (χ4n) is 2.58. The van der Waals surface area contributed by atoms with E-state index in [2.05, 4.69) is 31.0 Å². The summed E-state index contributed by atoms with van der Waals surface area (Å²) in [6.45, 7) is 7.55. The van der Waals surface area contributed by atoms with Crippen LogP contribution in [0.5, 0.6) is 0 Å². The molecule has 0 N–H and O–H groups in total. The highest BCUT2D eigenvalue weighted by Gasteiger charge is 2.31. The van der Waals surface area contributed by atoms with Crippen molar-refractivity contribution in [3.63, 3.8) is 0 Å². The lowest BCUT2D eigenvalue weighted by molar-refractivity contribution is 0.136. The predicted molar refractivity (Wildman–Crippen MR) is 79.9 cm³/mol. The molecular weight excluding hydrogens is 255 g/mol. The lowest BCUT2D eigenvalue weighted by Crippen LogP contribution is -2.50. The van der Waals surface area contributed by atoms with Crippen molar-refractivity contribution in [2.24, 2.45) is 0 Å². The first-order valence-corrected chi connectivity index (χ1v) is 7.18. The summed E-state index contributed by atoms with van der Waals surface area (Å²) in [6.07, 6.45) is -0.0283. The Bertz CT molecular complexity index is 438. The van der Waals surface area contributed by atoms with E-state index in [-0.39, 0.29) is 11.5 Å². The summed E-state index contributed by atoms with van der Waals surface area (Å²) in [5.41, 5.74) is 0.952. The van der Waals surface area contributed by atoms with E-state index < -0.39 is 6.17 Å². The third-order valence-electron chi connectivity index (χ3n) is 3.91. The highest BCUT2D eigenvalue weighted by Crippen LogP contribution is 2.24. The summed E-state index contributed by atoms with van der Waals surface area (Å²) < 4.78 is 14.2. The minimum Gasteiger partial charge on any atom is -0.352 e. The van der Waals surface area contributed by atoms with Crippen molar-refractivity contribution in [3.05, 3.63) is 17.8 Å². The highest BCUT2D eigenvalue weighted by molar-refractivity contribution is 5.39. The van der Waals surface area contributed by atoms with Gasteiger partial charge in [-0.15, -0.1) is 5.10 Å². The molecule has 2 heterocycles. The third kappa shape index (κ3) is 3.26. The molecule has 0 amide bonds. The Morgan fingerprint density at radius 1 is 1.25 bits per heavy atom. The number of rotatable bonds is 2. The maximum absolute atomic E-state index is 14.2. The number of nitrogens with zero attached hydrogens (tertiary/aromatic N) is 4. The summed E-state index contributed by atoms with van der Waals surface area (Å²) in [7, 11) is 3.87. The van der Waals surface area contributed by atoms with Gasteiger partial charge in [-0.2, -0.15) is 5.10 Å². The van der Waals surface area contributed by atoms with E-state index in [4.69, 9.17) is 0 Å². The lowest BCUT2D eigenvalue weighted by Gasteiger charge is -2.38. The fraction of sp³-hybridized carbons (Fsp3) is 0.733. The van der Waals surface area contributed by atoms with Crippen LogP contribution in [-0.2, 0) is 5.41 Å². The largest absolute Gasteiger partial charge is 0.352 e. The van der Waals surface area contributed by atoms with Gasteiger partial charge in [0.05, 0.1) is 12.2 Å². The molecule has 0 unspecified atom stereocenters. The quantitative estimate of drug-likeness (QED) is 0.832. The van der Waals surface area contributed by atoms with Crippen molar-refractivity contribution >= 4 is 5.82 Å². The van der Waals surface area contributed by atoms with Crippen LogP contribution in [0.2, 0.25) is 0 Å². The molecule has 0 aliphatic carbocycles. The predicted octanol–water partition coefficient (Wildman–Crippen LogP) is 2.25. The van der Waals surface area contributed by atoms with Crippen molar-refractivity contribution in [1.29, 1.82) is 0 Å². The number of hydrogen-bond acceptors (Lipinski definition) is 4. The van der Waals surface area contributed by atoms with Crippen LogP contribution in [-0.4, -0.2) is 54.5 Å². The molecule has 1 saturated heterocycles. The van der Waals surface area contributed by atoms with Crippen molar-refractivity contribution < 1.29 is 4.39 Å². The van der Waals surface area contributed by atoms with Crippen molar-refractivity contribution in [2.75, 3.05) is 32.1 Å². The second-order valence-electron chi connectivity index (χ2n) is 6.81. The van der Waals surface area contributed by atoms with Gasteiger partial charge in [0.1, 0.15) is 6.17 Å². The molecule has 112 valence electrons. The normalized spacial score (nSPS) is 24.2. The van der Waals surface area contributed by atoms with Crippen LogP contribution in [0.4, 0.5) is 10.2 Å². The van der Waals surface area contributed by atoms with E-state index in [1.54, 1.807) is 0 Å². The molecule has 2 atom stereocenters. The van der Waals surface area contributed by atoms with Crippen LogP contribution in [0, 0.1) is 0 Å². The molecule has 5 heteroatoms. The molecule has 1 aliphatic heterocycles. The van der Waals surface area contributed by atoms with Crippen LogP contribution in [0.3, 0.4) is 0 Å². The molecule has 0 radical (unpaired) electrons. The molecule has 0 saturated carbocycles. The van der Waals surface area contributed by atoms with Crippen molar-refractivity contribution in [3.8, 4) is 0 Å². The first kappa shape index (κ1) is 15.2. The molecule has 0 bridgehead atoms. The maximum atomic E-state index is 14.2. The van der Waals surface area contributed by atoms with E-state index in [9.17, 15) is 4.39 Å². The van der Waals surface area contributed by atoms with Crippen LogP contribution in [0.25, 0.3) is 0 Å². The third-order valence-corrected chi connectivity index (χ3v) is 3.91. The van der Waals surface area contributed by atoms with Gasteiger partial charge >= 0.3 is 0 Å². The number of halogens is 1. The minimum absolute atomic E-state index is 0.00746. The van der Waals surface area contributed by atoms with Gasteiger partial charge in [0.25, 0.3) is 0 Å². The van der Waals surface area contributed by atoms with E-state index >= 15 is 0 Å². The molecular formula is C15H25FN4. The second-order valence-corrected chi connectivity index (χ2v) is 6.81. The number of aromatic nitrogens is 2. The number of piperidine rings is 1. The Kier molecular flexibility index (Phi) is 4.28. The molecule has 1 aromatic heterocycles. The number of alkyl halides is 1. The Balaban J connectivity index is 2.07. The van der Waals surface area contributed by atoms with E-state index in [1.165, 1.54) is 0 Å². The molecule has 0 spiro atoms. The van der Waals surface area contributed by atoms with E-state index in [1.807, 2.05) is 36.0 Å². The zero-order chi connectivity index (χ0) is 14.9. The SMILES string of the molecule is CN(C)[C@@H]1CCN(c2ccc(C(C)(C)C)nn2)C[C@H]1F. The average Bonchev–Trinajstić information content (AvgIpc) is 2.37. The molecule has 1 aromatic rings. The summed E-state index contributed by atoms with van der Waals surface area (Å²) in [4.78, 5) is 3.96. The lowest BCUT2D eigenvalue weighted by atomic mass is 9.92. The van der Waals surface area contributed by atoms with Gasteiger partial charge in [0.2, 0.25) is 0 Å². The second kappa shape index (κ2) is 5.64. The first-order valence-electron chi connectivity index (χ1n) is 7.18. The van der Waals surface area contributed by atoms with Gasteiger partial charge in [-0.25, -0.2) is 4.39 Å². The Morgan fingerprint density at radius 3 is 2.40 bits per heavy atom. The molecule has 1 aliphatic rings. The Labute approximate surface area is 121 Å². The summed E-state index contributed by atoms with van der Waals surface area (Å²) in [5, 5.41) is 8.55. The summed E-state index contributed by atoms with van der Waals surface area (Å²) in [5.74, 6) is 0.776. The monoisotopic (exact) mass is 280 g/mol. The zero-order valence-electron chi connectivity index (χ0n) is 13.1. The van der Waals surface area contributed by atoms with Crippen molar-refractivity contribution in [2.45, 2.75) is 44.8 Å². The van der Waals surface area contributed by atoms with Gasteiger partial charge < -0.3 is 9.80 Å². The molecule has 1 fully saturated rings. The van der Waals surface area contributed by atoms with Crippen LogP contribution < -0.4 is 4.90 Å². The van der Waals surface area contributed by atoms with Crippen LogP contribution in [0.1, 0.15) is 32.9 Å². The van der Waals surface area contributed by atoms with Crippen molar-refractivity contribution in [1.82, 2.24) is 15.1 Å². The molecule has 20 heavy (non-hydrogen) atoms. The standard InChI is InChI=1S/C15H25FN4/c1-15(2,3)13-6-7-14(18-17-13)20-9-8-12(19(4)5)11(16)10-20/h6-7,11-12H,8-10H2,1-5H3/t11-,12-/m1/s1. The topological polar surface area (TPSA) is 32.3 Å². The fourth-order valence-corrected chi connectivity index (χ4v) is 2.58. The smallest absolute Gasteiger partial charge is 0.151 e. The maximum Gasteiger partial charge on any atom is 0.151 e. The molecule has 0 aromatic carbocycles. The molecule has 4 nitrogen and oxygen atoms in total. The zero-order valence-corrected chi connectivity index (χ0v) is 13.1. The summed E-state index contributed by atoms with van der Waals surface area (Å²) in [6, 6.07) is 3.96. The van der Waals surface area contributed by atoms with Gasteiger partial charge in [-0.05, 0) is 32.6 Å². The van der Waals surface area contributed by atoms with E-state index in [0.29, 0.717) is 6.54 Å². The average molecular weight is 280 g/mol. The van der Waals surface area contributed by atoms with Gasteiger partial charge in [-0.1, -0.05) is 20.8 Å². The van der Waals surface area contributed by atoms with Crippen LogP contribution >= 0.6 is 0 Å². The van der Waals surface area contributed by atoms with Crippen LogP contribution in [0.15, 0.2) is 12.1 Å². The highest BCUT2D eigenvalue weighted by atomic mass is 19.1. The molecule has 2 rings (SSSR count). The van der Waals surface area contributed by atoms with Gasteiger partial charge in [0.15, 0.2) is 5.82 Å². The Hall–Kier alpha value is -1.23. The number of anilines is 1. The number of hydrogen-bond donors (Lipinski definition) is 0. The minimum atomic E-state index is -0.845. The summed E-state index contributed by atoms with van der Waals surface area (Å²) >= 11 is 0. The van der Waals surface area contributed by atoms with E-state index in [0.717, 1.165) is 24.5 Å². The van der Waals surface area contributed by atoms with Gasteiger partial charge in [-0.3, -0.25) is 0 Å².